The number of para-hydroxylation sites is 3. The van der Waals surface area contributed by atoms with Crippen LogP contribution in [-0.2, 0) is 17.6 Å². The average Bonchev–Trinajstić information content (AvgIpc) is 3.51. The van der Waals surface area contributed by atoms with Gasteiger partial charge in [-0.25, -0.2) is 4.98 Å². The molecule has 6 aromatic rings. The molecule has 2 atom stereocenters. The normalized spacial score (nSPS) is 17.5. The fourth-order valence-corrected chi connectivity index (χ4v) is 5.52. The molecule has 1 aliphatic heterocycles. The first-order valence-corrected chi connectivity index (χ1v) is 12.1. The Kier molecular flexibility index (Phi) is 4.57. The number of carbonyl (C=O) groups is 1. The Morgan fingerprint density at radius 3 is 2.00 bits per heavy atom. The summed E-state index contributed by atoms with van der Waals surface area (Å²) in [6, 6.07) is 22.3. The van der Waals surface area contributed by atoms with E-state index in [1.54, 1.807) is 10.6 Å². The minimum Gasteiger partial charge on any atom is -0.361 e. The lowest BCUT2D eigenvalue weighted by Crippen LogP contribution is -2.49. The number of aromatic nitrogens is 4. The maximum Gasteiger partial charge on any atom is 0.262 e. The maximum atomic E-state index is 13.8. The van der Waals surface area contributed by atoms with E-state index >= 15 is 0 Å². The molecule has 3 N–H and O–H groups in total. The lowest BCUT2D eigenvalue weighted by atomic mass is 9.97. The van der Waals surface area contributed by atoms with Crippen LogP contribution in [0.1, 0.15) is 29.0 Å². The molecule has 0 unspecified atom stereocenters. The number of aromatic amines is 2. The number of nitrogens with zero attached hydrogens (tertiary/aromatic N) is 2. The molecule has 0 aliphatic carbocycles. The van der Waals surface area contributed by atoms with E-state index in [4.69, 9.17) is 4.98 Å². The van der Waals surface area contributed by atoms with E-state index in [2.05, 4.69) is 21.4 Å². The van der Waals surface area contributed by atoms with Gasteiger partial charge in [0, 0.05) is 47.0 Å². The molecule has 0 bridgehead atoms. The number of amides is 1. The lowest BCUT2D eigenvalue weighted by Gasteiger charge is -2.33. The second-order valence-electron chi connectivity index (χ2n) is 9.37. The first kappa shape index (κ1) is 20.7. The zero-order valence-corrected chi connectivity index (χ0v) is 19.4. The van der Waals surface area contributed by atoms with Crippen molar-refractivity contribution in [2.24, 2.45) is 0 Å². The molecule has 0 spiro atoms. The molecule has 7 heteroatoms. The highest BCUT2D eigenvalue weighted by molar-refractivity contribution is 5.87. The number of hydrogen-bond donors (Lipinski definition) is 3. The molecule has 176 valence electrons. The molecule has 3 aromatic heterocycles. The van der Waals surface area contributed by atoms with Gasteiger partial charge in [0.2, 0.25) is 5.91 Å². The van der Waals surface area contributed by atoms with Crippen LogP contribution in [0.3, 0.4) is 0 Å². The zero-order chi connectivity index (χ0) is 24.2. The van der Waals surface area contributed by atoms with E-state index in [-0.39, 0.29) is 11.5 Å². The van der Waals surface area contributed by atoms with Gasteiger partial charge in [0.1, 0.15) is 11.9 Å². The summed E-state index contributed by atoms with van der Waals surface area (Å²) in [6.45, 7) is 0. The number of benzene rings is 3. The minimum absolute atomic E-state index is 0.170. The highest BCUT2D eigenvalue weighted by atomic mass is 16.2. The van der Waals surface area contributed by atoms with Gasteiger partial charge in [0.25, 0.3) is 5.56 Å². The Labute approximate surface area is 205 Å². The van der Waals surface area contributed by atoms with Gasteiger partial charge in [-0.1, -0.05) is 48.5 Å². The minimum atomic E-state index is -0.692. The van der Waals surface area contributed by atoms with Crippen molar-refractivity contribution < 1.29 is 4.79 Å². The zero-order valence-electron chi connectivity index (χ0n) is 19.4. The predicted molar refractivity (Wildman–Crippen MR) is 140 cm³/mol. The van der Waals surface area contributed by atoms with E-state index < -0.39 is 12.1 Å². The molecular weight excluding hydrogens is 450 g/mol. The van der Waals surface area contributed by atoms with Crippen LogP contribution >= 0.6 is 0 Å². The fourth-order valence-electron chi connectivity index (χ4n) is 5.52. The van der Waals surface area contributed by atoms with Gasteiger partial charge in [0.05, 0.1) is 16.9 Å². The number of fused-ring (bicyclic) bond motifs is 4. The molecule has 0 fully saturated rings. The highest BCUT2D eigenvalue weighted by Crippen LogP contribution is 2.31. The number of nitrogens with one attached hydrogen (secondary N) is 3. The number of rotatable bonds is 4. The van der Waals surface area contributed by atoms with E-state index in [1.165, 1.54) is 0 Å². The molecule has 7 rings (SSSR count). The summed E-state index contributed by atoms with van der Waals surface area (Å²) in [5.74, 6) is 0.422. The maximum absolute atomic E-state index is 13.8. The van der Waals surface area contributed by atoms with Crippen molar-refractivity contribution in [3.05, 3.63) is 112 Å². The second-order valence-corrected chi connectivity index (χ2v) is 9.37. The molecule has 7 nitrogen and oxygen atoms in total. The van der Waals surface area contributed by atoms with Crippen molar-refractivity contribution in [2.75, 3.05) is 0 Å². The third-order valence-electron chi connectivity index (χ3n) is 7.26. The third-order valence-corrected chi connectivity index (χ3v) is 7.26. The largest absolute Gasteiger partial charge is 0.361 e. The Balaban J connectivity index is 1.37. The topological polar surface area (TPSA) is 95.6 Å². The SMILES string of the molecule is O=C1N[C@@H](Cc2c[nH]c3ccccc23)c2nc3ccccc3c(=O)n2[C@@H]1Cc1c[nH]c2ccccc12. The molecule has 0 radical (unpaired) electrons. The van der Waals surface area contributed by atoms with Gasteiger partial charge in [-0.2, -0.15) is 0 Å². The van der Waals surface area contributed by atoms with Crippen molar-refractivity contribution in [3.8, 4) is 0 Å². The third kappa shape index (κ3) is 3.16. The highest BCUT2D eigenvalue weighted by Gasteiger charge is 2.36. The van der Waals surface area contributed by atoms with Crippen LogP contribution in [0.2, 0.25) is 0 Å². The van der Waals surface area contributed by atoms with E-state index in [9.17, 15) is 9.59 Å². The van der Waals surface area contributed by atoms with Crippen molar-refractivity contribution in [2.45, 2.75) is 24.9 Å². The van der Waals surface area contributed by atoms with E-state index in [0.717, 1.165) is 32.9 Å². The molecule has 36 heavy (non-hydrogen) atoms. The fraction of sp³-hybridized carbons (Fsp3) is 0.138. The summed E-state index contributed by atoms with van der Waals surface area (Å²) >= 11 is 0. The van der Waals surface area contributed by atoms with Crippen molar-refractivity contribution >= 4 is 38.6 Å². The molecule has 4 heterocycles. The Morgan fingerprint density at radius 2 is 1.31 bits per heavy atom. The smallest absolute Gasteiger partial charge is 0.262 e. The van der Waals surface area contributed by atoms with Gasteiger partial charge in [-0.05, 0) is 35.4 Å². The van der Waals surface area contributed by atoms with Gasteiger partial charge < -0.3 is 15.3 Å². The standard InChI is InChI=1S/C29H23N5O2/c35-28-26(14-18-16-31-23-11-5-2-8-20(18)23)34-27(32-24-12-6-3-9-21(24)29(34)36)25(33-28)13-17-15-30-22-10-4-1-7-19(17)22/h1-12,15-16,25-26,30-31H,13-14H2,(H,33,35)/t25-,26+/m0/s1. The monoisotopic (exact) mass is 473 g/mol. The van der Waals surface area contributed by atoms with Crippen molar-refractivity contribution in [3.63, 3.8) is 0 Å². The Hall–Kier alpha value is -4.65. The first-order valence-electron chi connectivity index (χ1n) is 12.1. The van der Waals surface area contributed by atoms with Gasteiger partial charge in [0.15, 0.2) is 0 Å². The molecular formula is C29H23N5O2. The predicted octanol–water partition coefficient (Wildman–Crippen LogP) is 4.56. The van der Waals surface area contributed by atoms with Gasteiger partial charge >= 0.3 is 0 Å². The summed E-state index contributed by atoms with van der Waals surface area (Å²) in [7, 11) is 0. The summed E-state index contributed by atoms with van der Waals surface area (Å²) < 4.78 is 1.63. The summed E-state index contributed by atoms with van der Waals surface area (Å²) in [5.41, 5.74) is 4.56. The Morgan fingerprint density at radius 1 is 0.722 bits per heavy atom. The van der Waals surface area contributed by atoms with Crippen LogP contribution in [0.4, 0.5) is 0 Å². The lowest BCUT2D eigenvalue weighted by molar-refractivity contribution is -0.126. The molecule has 0 saturated heterocycles. The number of carbonyl (C=O) groups excluding carboxylic acids is 1. The molecule has 0 saturated carbocycles. The first-order chi connectivity index (χ1) is 17.7. The van der Waals surface area contributed by atoms with E-state index in [0.29, 0.717) is 29.6 Å². The number of H-pyrrole nitrogens is 2. The Bertz CT molecular complexity index is 1840. The van der Waals surface area contributed by atoms with E-state index in [1.807, 2.05) is 73.1 Å². The van der Waals surface area contributed by atoms with Gasteiger partial charge in [-0.3, -0.25) is 14.2 Å². The summed E-state index contributed by atoms with van der Waals surface area (Å²) in [5, 5.41) is 5.86. The van der Waals surface area contributed by atoms with Crippen molar-refractivity contribution in [1.29, 1.82) is 0 Å². The van der Waals surface area contributed by atoms with Crippen LogP contribution in [0.15, 0.2) is 90.0 Å². The van der Waals surface area contributed by atoms with Crippen LogP contribution in [0, 0.1) is 0 Å². The molecule has 1 amide bonds. The quantitative estimate of drug-likeness (QED) is 0.350. The van der Waals surface area contributed by atoms with Gasteiger partial charge in [-0.15, -0.1) is 0 Å². The summed E-state index contributed by atoms with van der Waals surface area (Å²) in [4.78, 5) is 38.9. The van der Waals surface area contributed by atoms with Crippen LogP contribution in [0.5, 0.6) is 0 Å². The second kappa shape index (κ2) is 7.95. The van der Waals surface area contributed by atoms with Crippen LogP contribution in [0.25, 0.3) is 32.7 Å². The molecule has 3 aromatic carbocycles. The van der Waals surface area contributed by atoms with Crippen molar-refractivity contribution in [1.82, 2.24) is 24.8 Å². The average molecular weight is 474 g/mol. The van der Waals surface area contributed by atoms with Crippen LogP contribution < -0.4 is 10.9 Å². The number of hydrogen-bond acceptors (Lipinski definition) is 3. The molecule has 1 aliphatic rings. The van der Waals surface area contributed by atoms with Crippen LogP contribution in [-0.4, -0.2) is 25.4 Å². The summed E-state index contributed by atoms with van der Waals surface area (Å²) in [6.07, 6.45) is 4.82.